The molecule has 0 spiro atoms. The van der Waals surface area contributed by atoms with Gasteiger partial charge in [0.15, 0.2) is 0 Å². The van der Waals surface area contributed by atoms with Crippen LogP contribution in [0.25, 0.3) is 0 Å². The summed E-state index contributed by atoms with van der Waals surface area (Å²) in [6.07, 6.45) is 2.99. The summed E-state index contributed by atoms with van der Waals surface area (Å²) in [7, 11) is 1.63. The smallest absolute Gasteiger partial charge is 0.268 e. The minimum atomic E-state index is -0.507. The average molecular weight is 442 g/mol. The van der Waals surface area contributed by atoms with Gasteiger partial charge in [-0.2, -0.15) is 5.10 Å². The second-order valence-electron chi connectivity index (χ2n) is 8.22. The van der Waals surface area contributed by atoms with E-state index < -0.39 is 6.10 Å². The molecule has 0 saturated heterocycles. The minimum absolute atomic E-state index is 0.176. The summed E-state index contributed by atoms with van der Waals surface area (Å²) >= 11 is 6.49. The van der Waals surface area contributed by atoms with Gasteiger partial charge in [0, 0.05) is 5.92 Å². The number of methoxy groups -OCH3 is 1. The van der Waals surface area contributed by atoms with E-state index in [0.29, 0.717) is 17.2 Å². The number of aliphatic hydroxyl groups excluding tert-OH is 1. The zero-order valence-corrected chi connectivity index (χ0v) is 18.5. The molecule has 2 aromatic carbocycles. The Bertz CT molecular complexity index is 963. The van der Waals surface area contributed by atoms with E-state index in [1.807, 2.05) is 60.5 Å². The standard InChI is InChI=1S/C24H28ClN3O3/c1-15-22(24(30)26-19-8-4-6-10-21(19)29)27-28(20-9-5-3-7-18(20)25)23(15)16-11-13-17(31-2)14-12-16/h3,5,7,9,11-15,19,21,23,29H,4,6,8,10H2,1-2H3,(H,26,30)/t15-,19+,21+,23+/m1/s1. The van der Waals surface area contributed by atoms with Crippen molar-refractivity contribution in [3.63, 3.8) is 0 Å². The van der Waals surface area contributed by atoms with Gasteiger partial charge < -0.3 is 15.2 Å². The van der Waals surface area contributed by atoms with Crippen LogP contribution in [-0.4, -0.2) is 36.0 Å². The number of nitrogens with one attached hydrogen (secondary N) is 1. The molecule has 1 aliphatic carbocycles. The predicted octanol–water partition coefficient (Wildman–Crippen LogP) is 4.32. The highest BCUT2D eigenvalue weighted by molar-refractivity contribution is 6.41. The Morgan fingerprint density at radius 2 is 1.87 bits per heavy atom. The first-order chi connectivity index (χ1) is 15.0. The van der Waals surface area contributed by atoms with Gasteiger partial charge in [-0.05, 0) is 42.7 Å². The average Bonchev–Trinajstić information content (AvgIpc) is 3.12. The number of ether oxygens (including phenoxy) is 1. The quantitative estimate of drug-likeness (QED) is 0.724. The summed E-state index contributed by atoms with van der Waals surface area (Å²) < 4.78 is 5.29. The summed E-state index contributed by atoms with van der Waals surface area (Å²) in [5, 5.41) is 20.4. The van der Waals surface area contributed by atoms with Crippen LogP contribution in [0.15, 0.2) is 53.6 Å². The molecule has 0 unspecified atom stereocenters. The van der Waals surface area contributed by atoms with E-state index in [0.717, 1.165) is 36.3 Å². The molecule has 0 radical (unpaired) electrons. The van der Waals surface area contributed by atoms with Gasteiger partial charge in [0.1, 0.15) is 11.5 Å². The molecule has 7 heteroatoms. The third kappa shape index (κ3) is 4.41. The Morgan fingerprint density at radius 1 is 1.16 bits per heavy atom. The van der Waals surface area contributed by atoms with Gasteiger partial charge in [0.25, 0.3) is 5.91 Å². The molecular weight excluding hydrogens is 414 g/mol. The van der Waals surface area contributed by atoms with E-state index in [2.05, 4.69) is 5.32 Å². The van der Waals surface area contributed by atoms with Crippen molar-refractivity contribution in [3.05, 3.63) is 59.1 Å². The Balaban J connectivity index is 1.66. The fraction of sp³-hybridized carbons (Fsp3) is 0.417. The number of halogens is 1. The molecule has 1 fully saturated rings. The summed E-state index contributed by atoms with van der Waals surface area (Å²) in [6.45, 7) is 2.00. The highest BCUT2D eigenvalue weighted by atomic mass is 35.5. The number of hydrogen-bond donors (Lipinski definition) is 2. The van der Waals surface area contributed by atoms with Crippen molar-refractivity contribution in [3.8, 4) is 5.75 Å². The Labute approximate surface area is 187 Å². The number of rotatable bonds is 5. The van der Waals surface area contributed by atoms with Crippen LogP contribution in [0.5, 0.6) is 5.75 Å². The van der Waals surface area contributed by atoms with Crippen LogP contribution in [0.1, 0.15) is 44.2 Å². The number of nitrogens with zero attached hydrogens (tertiary/aromatic N) is 2. The van der Waals surface area contributed by atoms with Crippen LogP contribution < -0.4 is 15.1 Å². The first-order valence-corrected chi connectivity index (χ1v) is 11.1. The Kier molecular flexibility index (Phi) is 6.49. The van der Waals surface area contributed by atoms with Gasteiger partial charge >= 0.3 is 0 Å². The van der Waals surface area contributed by atoms with E-state index in [1.54, 1.807) is 7.11 Å². The third-order valence-electron chi connectivity index (χ3n) is 6.22. The number of carbonyl (C=O) groups excluding carboxylic acids is 1. The highest BCUT2D eigenvalue weighted by Gasteiger charge is 2.40. The van der Waals surface area contributed by atoms with Crippen molar-refractivity contribution < 1.29 is 14.6 Å². The predicted molar refractivity (Wildman–Crippen MR) is 123 cm³/mol. The van der Waals surface area contributed by atoms with Crippen molar-refractivity contribution in [1.29, 1.82) is 0 Å². The van der Waals surface area contributed by atoms with Gasteiger partial charge in [-0.1, -0.05) is 55.6 Å². The first-order valence-electron chi connectivity index (χ1n) is 10.7. The van der Waals surface area contributed by atoms with Crippen LogP contribution in [0, 0.1) is 5.92 Å². The molecular formula is C24H28ClN3O3. The molecule has 1 heterocycles. The molecule has 6 nitrogen and oxygen atoms in total. The van der Waals surface area contributed by atoms with Crippen molar-refractivity contribution in [2.75, 3.05) is 12.1 Å². The van der Waals surface area contributed by atoms with E-state index in [1.165, 1.54) is 0 Å². The van der Waals surface area contributed by atoms with Crippen LogP contribution in [0.4, 0.5) is 5.69 Å². The third-order valence-corrected chi connectivity index (χ3v) is 6.54. The largest absolute Gasteiger partial charge is 0.497 e. The number of aliphatic hydroxyl groups is 1. The van der Waals surface area contributed by atoms with Crippen molar-refractivity contribution in [2.24, 2.45) is 11.0 Å². The van der Waals surface area contributed by atoms with Gasteiger partial charge in [0.05, 0.1) is 36.0 Å². The molecule has 1 amide bonds. The zero-order chi connectivity index (χ0) is 22.0. The minimum Gasteiger partial charge on any atom is -0.497 e. The molecule has 0 bridgehead atoms. The summed E-state index contributed by atoms with van der Waals surface area (Å²) in [5.41, 5.74) is 2.20. The lowest BCUT2D eigenvalue weighted by atomic mass is 9.89. The normalized spacial score (nSPS) is 25.8. The lowest BCUT2D eigenvalue weighted by Gasteiger charge is -2.29. The van der Waals surface area contributed by atoms with Crippen molar-refractivity contribution in [2.45, 2.75) is 50.8 Å². The number of benzene rings is 2. The Hall–Kier alpha value is -2.57. The van der Waals surface area contributed by atoms with Crippen molar-refractivity contribution >= 4 is 28.9 Å². The number of amides is 1. The number of anilines is 1. The number of hydrazone groups is 1. The molecule has 4 rings (SSSR count). The highest BCUT2D eigenvalue weighted by Crippen LogP contribution is 2.42. The molecule has 2 aliphatic rings. The molecule has 4 atom stereocenters. The monoisotopic (exact) mass is 441 g/mol. The topological polar surface area (TPSA) is 74.2 Å². The molecule has 2 aromatic rings. The van der Waals surface area contributed by atoms with E-state index in [4.69, 9.17) is 21.4 Å². The van der Waals surface area contributed by atoms with Crippen LogP contribution in [0.2, 0.25) is 5.02 Å². The van der Waals surface area contributed by atoms with Crippen molar-refractivity contribution in [1.82, 2.24) is 5.32 Å². The lowest BCUT2D eigenvalue weighted by molar-refractivity contribution is -0.116. The van der Waals surface area contributed by atoms with E-state index in [9.17, 15) is 9.90 Å². The lowest BCUT2D eigenvalue weighted by Crippen LogP contribution is -2.48. The molecule has 164 valence electrons. The number of carbonyl (C=O) groups is 1. The van der Waals surface area contributed by atoms with Crippen LogP contribution >= 0.6 is 11.6 Å². The fourth-order valence-corrected chi connectivity index (χ4v) is 4.70. The molecule has 0 aromatic heterocycles. The molecule has 31 heavy (non-hydrogen) atoms. The van der Waals surface area contributed by atoms with Crippen LogP contribution in [-0.2, 0) is 4.79 Å². The van der Waals surface area contributed by atoms with Gasteiger partial charge in [-0.3, -0.25) is 9.80 Å². The molecule has 1 aliphatic heterocycles. The molecule has 2 N–H and O–H groups in total. The van der Waals surface area contributed by atoms with E-state index in [-0.39, 0.29) is 23.9 Å². The van der Waals surface area contributed by atoms with Crippen LogP contribution in [0.3, 0.4) is 0 Å². The molecule has 1 saturated carbocycles. The number of hydrogen-bond acceptors (Lipinski definition) is 5. The van der Waals surface area contributed by atoms with Gasteiger partial charge in [-0.15, -0.1) is 0 Å². The Morgan fingerprint density at radius 3 is 2.55 bits per heavy atom. The summed E-state index contributed by atoms with van der Waals surface area (Å²) in [6, 6.07) is 14.9. The summed E-state index contributed by atoms with van der Waals surface area (Å²) in [5.74, 6) is 0.362. The maximum Gasteiger partial charge on any atom is 0.268 e. The van der Waals surface area contributed by atoms with E-state index >= 15 is 0 Å². The van der Waals surface area contributed by atoms with Gasteiger partial charge in [0.2, 0.25) is 0 Å². The van der Waals surface area contributed by atoms with Gasteiger partial charge in [-0.25, -0.2) is 0 Å². The SMILES string of the molecule is COc1ccc([C@@H]2[C@H](C)C(C(=O)N[C@H]3CCCC[C@@H]3O)=NN2c2ccccc2Cl)cc1. The second-order valence-corrected chi connectivity index (χ2v) is 8.63. The fourth-order valence-electron chi connectivity index (χ4n) is 4.48. The first kappa shape index (κ1) is 21.7. The number of para-hydroxylation sites is 1. The maximum atomic E-state index is 13.2. The summed E-state index contributed by atoms with van der Waals surface area (Å²) in [4.78, 5) is 13.2. The maximum absolute atomic E-state index is 13.2. The second kappa shape index (κ2) is 9.28. The zero-order valence-electron chi connectivity index (χ0n) is 17.8.